The van der Waals surface area contributed by atoms with Gasteiger partial charge in [-0.1, -0.05) is 0 Å². The van der Waals surface area contributed by atoms with Crippen LogP contribution in [0, 0.1) is 5.41 Å². The first-order valence-electron chi connectivity index (χ1n) is 7.18. The van der Waals surface area contributed by atoms with E-state index >= 15 is 0 Å². The Morgan fingerprint density at radius 2 is 1.24 bits per heavy atom. The van der Waals surface area contributed by atoms with Gasteiger partial charge >= 0.3 is 113 Å². The van der Waals surface area contributed by atoms with Gasteiger partial charge < -0.3 is 0 Å². The average molecular weight is 401 g/mol. The summed E-state index contributed by atoms with van der Waals surface area (Å²) >= 11 is -2.21. The SMILES string of the molecule is C[CH2][Hf]([CH2]C)([CH2]C)[C]1=C(C)C(C)=C(C)C1(C)C. The molecule has 0 spiro atoms. The maximum atomic E-state index is 2.47. The van der Waals surface area contributed by atoms with Crippen LogP contribution in [0.15, 0.2) is 20.0 Å². The summed E-state index contributed by atoms with van der Waals surface area (Å²) in [5, 5.41) is 0. The molecule has 17 heavy (non-hydrogen) atoms. The van der Waals surface area contributed by atoms with Crippen LogP contribution < -0.4 is 0 Å². The molecule has 0 aromatic heterocycles. The Morgan fingerprint density at radius 1 is 0.824 bits per heavy atom. The first-order valence-corrected chi connectivity index (χ1v) is 16.6. The molecule has 0 amide bonds. The topological polar surface area (TPSA) is 0 Å². The van der Waals surface area contributed by atoms with Crippen molar-refractivity contribution in [2.45, 2.75) is 67.9 Å². The molecule has 98 valence electrons. The molecule has 0 saturated carbocycles. The predicted octanol–water partition coefficient (Wildman–Crippen LogP) is 6.11. The van der Waals surface area contributed by atoms with Gasteiger partial charge in [-0.2, -0.15) is 0 Å². The normalized spacial score (nSPS) is 20.5. The third-order valence-corrected chi connectivity index (χ3v) is 27.6. The summed E-state index contributed by atoms with van der Waals surface area (Å²) in [7, 11) is 0. The van der Waals surface area contributed by atoms with Gasteiger partial charge in [0.1, 0.15) is 0 Å². The van der Waals surface area contributed by atoms with Gasteiger partial charge in [-0.25, -0.2) is 0 Å². The monoisotopic (exact) mass is 402 g/mol. The zero-order valence-corrected chi connectivity index (χ0v) is 16.7. The molecule has 0 heterocycles. The second kappa shape index (κ2) is 5.15. The summed E-state index contributed by atoms with van der Waals surface area (Å²) < 4.78 is 6.39. The Hall–Kier alpha value is 0.350. The maximum absolute atomic E-state index is 2.47. The van der Waals surface area contributed by atoms with Crippen molar-refractivity contribution in [2.75, 3.05) is 0 Å². The minimum absolute atomic E-state index is 0.359. The van der Waals surface area contributed by atoms with Crippen molar-refractivity contribution >= 4 is 0 Å². The standard InChI is InChI=1S/C10H15.3C2H5.Hf/c1-7-6-10(4,5)9(3)8(7)2;3*1-2;/h1-5H3;3*1H2,2H3;. The number of hydrogen-bond donors (Lipinski definition) is 0. The van der Waals surface area contributed by atoms with Crippen molar-refractivity contribution in [3.8, 4) is 0 Å². The molecule has 1 aliphatic rings. The van der Waals surface area contributed by atoms with E-state index in [1.165, 1.54) is 12.5 Å². The fourth-order valence-corrected chi connectivity index (χ4v) is 22.1. The van der Waals surface area contributed by atoms with Crippen molar-refractivity contribution in [1.82, 2.24) is 0 Å². The third-order valence-electron chi connectivity index (χ3n) is 5.62. The van der Waals surface area contributed by atoms with Crippen LogP contribution in [-0.4, -0.2) is 0 Å². The van der Waals surface area contributed by atoms with Crippen LogP contribution in [0.3, 0.4) is 0 Å². The summed E-state index contributed by atoms with van der Waals surface area (Å²) in [6, 6.07) is 0. The molecule has 0 N–H and O–H groups in total. The average Bonchev–Trinajstić information content (AvgIpc) is 2.46. The van der Waals surface area contributed by atoms with Crippen molar-refractivity contribution in [1.29, 1.82) is 0 Å². The van der Waals surface area contributed by atoms with Gasteiger partial charge in [-0.05, 0) is 0 Å². The van der Waals surface area contributed by atoms with E-state index in [-0.39, 0.29) is 0 Å². The quantitative estimate of drug-likeness (QED) is 0.500. The Balaban J connectivity index is 3.42. The van der Waals surface area contributed by atoms with E-state index < -0.39 is 20.0 Å². The molecule has 0 unspecified atom stereocenters. The van der Waals surface area contributed by atoms with Gasteiger partial charge in [0.2, 0.25) is 0 Å². The van der Waals surface area contributed by atoms with Crippen LogP contribution in [0.4, 0.5) is 0 Å². The molecule has 0 aliphatic heterocycles. The van der Waals surface area contributed by atoms with Crippen LogP contribution >= 0.6 is 0 Å². The molecule has 0 nitrogen and oxygen atoms in total. The van der Waals surface area contributed by atoms with Gasteiger partial charge in [0, 0.05) is 0 Å². The Bertz CT molecular complexity index is 357. The zero-order valence-electron chi connectivity index (χ0n) is 13.1. The summed E-state index contributed by atoms with van der Waals surface area (Å²) in [5.74, 6) is 0. The van der Waals surface area contributed by atoms with E-state index in [0.29, 0.717) is 5.41 Å². The van der Waals surface area contributed by atoms with Gasteiger partial charge in [0.15, 0.2) is 0 Å². The van der Waals surface area contributed by atoms with Crippen LogP contribution in [0.2, 0.25) is 12.5 Å². The summed E-state index contributed by atoms with van der Waals surface area (Å²) in [5.41, 5.74) is 5.24. The first-order chi connectivity index (χ1) is 7.78. The Labute approximate surface area is 113 Å². The van der Waals surface area contributed by atoms with E-state index in [1.54, 1.807) is 16.7 Å². The molecule has 0 bridgehead atoms. The van der Waals surface area contributed by atoms with Crippen molar-refractivity contribution in [3.63, 3.8) is 0 Å². The number of allylic oxidation sites excluding steroid dienone is 4. The van der Waals surface area contributed by atoms with Crippen LogP contribution in [0.25, 0.3) is 0 Å². The van der Waals surface area contributed by atoms with Gasteiger partial charge in [-0.15, -0.1) is 0 Å². The summed E-state index contributed by atoms with van der Waals surface area (Å²) in [6.45, 7) is 19.4. The van der Waals surface area contributed by atoms with Gasteiger partial charge in [-0.3, -0.25) is 0 Å². The minimum atomic E-state index is -2.21. The van der Waals surface area contributed by atoms with Crippen LogP contribution in [0.5, 0.6) is 0 Å². The fourth-order valence-electron chi connectivity index (χ4n) is 3.93. The van der Waals surface area contributed by atoms with E-state index in [1.807, 2.05) is 3.33 Å². The Morgan fingerprint density at radius 3 is 1.47 bits per heavy atom. The zero-order chi connectivity index (χ0) is 13.4. The molecule has 0 fully saturated rings. The molecule has 0 aromatic rings. The van der Waals surface area contributed by atoms with Crippen molar-refractivity contribution < 1.29 is 20.0 Å². The molecular weight excluding hydrogens is 371 g/mol. The Kier molecular flexibility index (Phi) is 4.67. The molecular formula is C16H30Hf. The fraction of sp³-hybridized carbons (Fsp3) is 0.750. The molecule has 0 atom stereocenters. The molecule has 0 saturated heterocycles. The van der Waals surface area contributed by atoms with Crippen molar-refractivity contribution in [3.05, 3.63) is 20.0 Å². The second-order valence-corrected chi connectivity index (χ2v) is 24.8. The third kappa shape index (κ3) is 2.17. The summed E-state index contributed by atoms with van der Waals surface area (Å²) in [6.07, 6.45) is 0. The van der Waals surface area contributed by atoms with Gasteiger partial charge in [0.25, 0.3) is 0 Å². The molecule has 1 aliphatic carbocycles. The molecule has 0 radical (unpaired) electrons. The summed E-state index contributed by atoms with van der Waals surface area (Å²) in [4.78, 5) is 0. The number of rotatable bonds is 4. The van der Waals surface area contributed by atoms with Crippen molar-refractivity contribution in [2.24, 2.45) is 5.41 Å². The molecule has 1 heteroatoms. The van der Waals surface area contributed by atoms with E-state index in [4.69, 9.17) is 0 Å². The van der Waals surface area contributed by atoms with Crippen LogP contribution in [-0.2, 0) is 20.0 Å². The van der Waals surface area contributed by atoms with Crippen LogP contribution in [0.1, 0.15) is 55.4 Å². The molecule has 0 aromatic carbocycles. The van der Waals surface area contributed by atoms with E-state index in [9.17, 15) is 0 Å². The van der Waals surface area contributed by atoms with Gasteiger partial charge in [0.05, 0.1) is 0 Å². The predicted molar refractivity (Wildman–Crippen MR) is 76.3 cm³/mol. The number of hydrogen-bond acceptors (Lipinski definition) is 0. The second-order valence-electron chi connectivity index (χ2n) is 6.22. The first kappa shape index (κ1) is 15.4. The molecule has 1 rings (SSSR count). The van der Waals surface area contributed by atoms with E-state index in [0.717, 1.165) is 0 Å². The van der Waals surface area contributed by atoms with E-state index in [2.05, 4.69) is 55.4 Å².